The van der Waals surface area contributed by atoms with Gasteiger partial charge in [-0.25, -0.2) is 0 Å². The summed E-state index contributed by atoms with van der Waals surface area (Å²) in [5.74, 6) is 2.08. The molecule has 2 aromatic carbocycles. The smallest absolute Gasteiger partial charge is 0.224 e. The molecule has 5 nitrogen and oxygen atoms in total. The van der Waals surface area contributed by atoms with Gasteiger partial charge in [0.25, 0.3) is 0 Å². The fourth-order valence-electron chi connectivity index (χ4n) is 2.34. The molecule has 1 amide bonds. The number of rotatable bonds is 6. The Hall–Kier alpha value is -2.40. The zero-order chi connectivity index (χ0) is 16.8. The molecule has 1 heterocycles. The monoisotopic (exact) mass is 347 g/mol. The highest BCUT2D eigenvalue weighted by Crippen LogP contribution is 2.30. The highest BCUT2D eigenvalue weighted by molar-refractivity contribution is 6.30. The molecule has 0 saturated heterocycles. The van der Waals surface area contributed by atoms with E-state index in [0.717, 1.165) is 17.1 Å². The number of carbonyl (C=O) groups is 1. The second-order valence-electron chi connectivity index (χ2n) is 5.31. The quantitative estimate of drug-likeness (QED) is 0.816. The average Bonchev–Trinajstić information content (AvgIpc) is 2.60. The van der Waals surface area contributed by atoms with Gasteiger partial charge in [-0.05, 0) is 42.0 Å². The minimum atomic E-state index is -0.0635. The number of fused-ring (bicyclic) bond motifs is 1. The van der Waals surface area contributed by atoms with Crippen molar-refractivity contribution in [2.45, 2.75) is 6.42 Å². The first kappa shape index (κ1) is 16.5. The Morgan fingerprint density at radius 3 is 2.62 bits per heavy atom. The van der Waals surface area contributed by atoms with Crippen molar-refractivity contribution in [2.75, 3.05) is 26.4 Å². The largest absolute Gasteiger partial charge is 0.492 e. The summed E-state index contributed by atoms with van der Waals surface area (Å²) in [6.07, 6.45) is 0.289. The maximum absolute atomic E-state index is 12.0. The van der Waals surface area contributed by atoms with E-state index in [-0.39, 0.29) is 12.3 Å². The van der Waals surface area contributed by atoms with E-state index in [1.54, 1.807) is 24.3 Å². The molecule has 0 atom stereocenters. The third kappa shape index (κ3) is 4.55. The lowest BCUT2D eigenvalue weighted by molar-refractivity contribution is -0.120. The number of hydrogen-bond acceptors (Lipinski definition) is 4. The summed E-state index contributed by atoms with van der Waals surface area (Å²) in [6.45, 7) is 1.92. The van der Waals surface area contributed by atoms with Gasteiger partial charge in [0.1, 0.15) is 25.6 Å². The third-order valence-corrected chi connectivity index (χ3v) is 3.73. The number of amides is 1. The van der Waals surface area contributed by atoms with Crippen LogP contribution in [0.4, 0.5) is 0 Å². The first-order chi connectivity index (χ1) is 11.7. The summed E-state index contributed by atoms with van der Waals surface area (Å²) in [6, 6.07) is 12.7. The molecular weight excluding hydrogens is 330 g/mol. The van der Waals surface area contributed by atoms with E-state index >= 15 is 0 Å². The molecule has 0 aliphatic carbocycles. The van der Waals surface area contributed by atoms with Crippen molar-refractivity contribution >= 4 is 17.5 Å². The standard InChI is InChI=1S/C18H18ClNO4/c19-14-2-4-15(5-3-14)22-8-7-20-18(21)12-13-1-6-16-17(11-13)24-10-9-23-16/h1-6,11H,7-10,12H2,(H,20,21). The summed E-state index contributed by atoms with van der Waals surface area (Å²) in [4.78, 5) is 12.0. The van der Waals surface area contributed by atoms with Gasteiger partial charge in [0, 0.05) is 5.02 Å². The zero-order valence-corrected chi connectivity index (χ0v) is 13.8. The van der Waals surface area contributed by atoms with Crippen LogP contribution < -0.4 is 19.5 Å². The van der Waals surface area contributed by atoms with E-state index in [1.165, 1.54) is 0 Å². The minimum absolute atomic E-state index is 0.0635. The van der Waals surface area contributed by atoms with Crippen molar-refractivity contribution in [3.63, 3.8) is 0 Å². The van der Waals surface area contributed by atoms with Gasteiger partial charge in [0.15, 0.2) is 11.5 Å². The first-order valence-electron chi connectivity index (χ1n) is 7.74. The van der Waals surface area contributed by atoms with E-state index in [9.17, 15) is 4.79 Å². The molecule has 2 aromatic rings. The SMILES string of the molecule is O=C(Cc1ccc2c(c1)OCCO2)NCCOc1ccc(Cl)cc1. The summed E-state index contributed by atoms with van der Waals surface area (Å²) in [5.41, 5.74) is 0.885. The molecule has 6 heteroatoms. The van der Waals surface area contributed by atoms with Gasteiger partial charge in [0.2, 0.25) is 5.91 Å². The van der Waals surface area contributed by atoms with Crippen LogP contribution in [-0.4, -0.2) is 32.3 Å². The van der Waals surface area contributed by atoms with Gasteiger partial charge in [0.05, 0.1) is 13.0 Å². The highest BCUT2D eigenvalue weighted by Gasteiger charge is 2.13. The van der Waals surface area contributed by atoms with Gasteiger partial charge in [-0.15, -0.1) is 0 Å². The second-order valence-corrected chi connectivity index (χ2v) is 5.74. The van der Waals surface area contributed by atoms with Crippen molar-refractivity contribution in [2.24, 2.45) is 0 Å². The fraction of sp³-hybridized carbons (Fsp3) is 0.278. The Kier molecular flexibility index (Phi) is 5.43. The van der Waals surface area contributed by atoms with Crippen LogP contribution in [0.15, 0.2) is 42.5 Å². The van der Waals surface area contributed by atoms with E-state index in [1.807, 2.05) is 18.2 Å². The van der Waals surface area contributed by atoms with Crippen LogP contribution in [0.5, 0.6) is 17.2 Å². The topological polar surface area (TPSA) is 56.8 Å². The van der Waals surface area contributed by atoms with Crippen LogP contribution in [-0.2, 0) is 11.2 Å². The molecule has 0 fully saturated rings. The molecule has 24 heavy (non-hydrogen) atoms. The predicted octanol–water partition coefficient (Wildman–Crippen LogP) is 2.85. The van der Waals surface area contributed by atoms with Crippen LogP contribution in [0.25, 0.3) is 0 Å². The van der Waals surface area contributed by atoms with E-state index in [0.29, 0.717) is 37.1 Å². The van der Waals surface area contributed by atoms with Crippen LogP contribution in [0.3, 0.4) is 0 Å². The molecule has 0 aromatic heterocycles. The number of ether oxygens (including phenoxy) is 3. The highest BCUT2D eigenvalue weighted by atomic mass is 35.5. The summed E-state index contributed by atoms with van der Waals surface area (Å²) >= 11 is 5.81. The molecule has 0 unspecified atom stereocenters. The van der Waals surface area contributed by atoms with E-state index in [2.05, 4.69) is 5.32 Å². The molecule has 0 bridgehead atoms. The number of carbonyl (C=O) groups excluding carboxylic acids is 1. The van der Waals surface area contributed by atoms with Gasteiger partial charge in [-0.3, -0.25) is 4.79 Å². The lowest BCUT2D eigenvalue weighted by Gasteiger charge is -2.18. The molecule has 3 rings (SSSR count). The summed E-state index contributed by atoms with van der Waals surface area (Å²) in [7, 11) is 0. The molecule has 1 aliphatic rings. The number of nitrogens with one attached hydrogen (secondary N) is 1. The normalized spacial score (nSPS) is 12.5. The van der Waals surface area contributed by atoms with Crippen LogP contribution in [0.1, 0.15) is 5.56 Å². The third-order valence-electron chi connectivity index (χ3n) is 3.48. The van der Waals surface area contributed by atoms with E-state index < -0.39 is 0 Å². The van der Waals surface area contributed by atoms with Crippen molar-refractivity contribution in [3.05, 3.63) is 53.1 Å². The molecule has 0 saturated carbocycles. The first-order valence-corrected chi connectivity index (χ1v) is 8.12. The Morgan fingerprint density at radius 1 is 1.08 bits per heavy atom. The van der Waals surface area contributed by atoms with Gasteiger partial charge in [-0.2, -0.15) is 0 Å². The molecule has 0 spiro atoms. The Bertz CT molecular complexity index is 703. The van der Waals surface area contributed by atoms with Crippen LogP contribution >= 0.6 is 11.6 Å². The van der Waals surface area contributed by atoms with Crippen molar-refractivity contribution in [1.29, 1.82) is 0 Å². The number of benzene rings is 2. The lowest BCUT2D eigenvalue weighted by Crippen LogP contribution is -2.29. The maximum Gasteiger partial charge on any atom is 0.224 e. The summed E-state index contributed by atoms with van der Waals surface area (Å²) in [5, 5.41) is 3.49. The fourth-order valence-corrected chi connectivity index (χ4v) is 2.46. The summed E-state index contributed by atoms with van der Waals surface area (Å²) < 4.78 is 16.5. The van der Waals surface area contributed by atoms with E-state index in [4.69, 9.17) is 25.8 Å². The minimum Gasteiger partial charge on any atom is -0.492 e. The van der Waals surface area contributed by atoms with Crippen LogP contribution in [0, 0.1) is 0 Å². The molecule has 126 valence electrons. The van der Waals surface area contributed by atoms with Gasteiger partial charge < -0.3 is 19.5 Å². The Morgan fingerprint density at radius 2 is 1.83 bits per heavy atom. The van der Waals surface area contributed by atoms with Gasteiger partial charge >= 0.3 is 0 Å². The number of hydrogen-bond donors (Lipinski definition) is 1. The van der Waals surface area contributed by atoms with Crippen molar-refractivity contribution < 1.29 is 19.0 Å². The van der Waals surface area contributed by atoms with Gasteiger partial charge in [-0.1, -0.05) is 17.7 Å². The molecule has 1 aliphatic heterocycles. The zero-order valence-electron chi connectivity index (χ0n) is 13.1. The van der Waals surface area contributed by atoms with Crippen molar-refractivity contribution in [3.8, 4) is 17.2 Å². The molecule has 1 N–H and O–H groups in total. The molecule has 0 radical (unpaired) electrons. The maximum atomic E-state index is 12.0. The lowest BCUT2D eigenvalue weighted by atomic mass is 10.1. The predicted molar refractivity (Wildman–Crippen MR) is 91.1 cm³/mol. The van der Waals surface area contributed by atoms with Crippen LogP contribution in [0.2, 0.25) is 5.02 Å². The average molecular weight is 348 g/mol. The Labute approximate surface area is 145 Å². The van der Waals surface area contributed by atoms with Crippen molar-refractivity contribution in [1.82, 2.24) is 5.32 Å². The number of halogens is 1. The molecular formula is C18H18ClNO4. The second kappa shape index (κ2) is 7.93. The Balaban J connectivity index is 1.41.